The fourth-order valence-corrected chi connectivity index (χ4v) is 3.04. The van der Waals surface area contributed by atoms with Crippen molar-refractivity contribution >= 4 is 0 Å². The zero-order chi connectivity index (χ0) is 14.8. The van der Waals surface area contributed by atoms with E-state index in [0.717, 1.165) is 43.9 Å². The molecule has 0 aromatic heterocycles. The van der Waals surface area contributed by atoms with Gasteiger partial charge >= 0.3 is 0 Å². The highest BCUT2D eigenvalue weighted by atomic mass is 19.1. The maximum Gasteiger partial charge on any atom is 0.123 e. The van der Waals surface area contributed by atoms with E-state index in [9.17, 15) is 4.39 Å². The number of nitrogens with two attached hydrogens (primary N) is 1. The van der Waals surface area contributed by atoms with Crippen LogP contribution in [0.3, 0.4) is 0 Å². The molecule has 0 bridgehead atoms. The average Bonchev–Trinajstić information content (AvgIpc) is 2.46. The van der Waals surface area contributed by atoms with Gasteiger partial charge in [0.05, 0.1) is 13.2 Å². The van der Waals surface area contributed by atoms with E-state index in [1.807, 2.05) is 13.0 Å². The molecule has 1 aliphatic rings. The molecule has 0 aliphatic carbocycles. The van der Waals surface area contributed by atoms with Crippen LogP contribution in [0.2, 0.25) is 0 Å². The molecule has 2 rings (SSSR count). The lowest BCUT2D eigenvalue weighted by Crippen LogP contribution is -2.56. The number of rotatable bonds is 4. The number of benzene rings is 1. The van der Waals surface area contributed by atoms with E-state index >= 15 is 0 Å². The first-order valence-electron chi connectivity index (χ1n) is 7.33. The van der Waals surface area contributed by atoms with Gasteiger partial charge in [0.15, 0.2) is 0 Å². The molecule has 1 aromatic rings. The molecule has 1 fully saturated rings. The average molecular weight is 280 g/mol. The summed E-state index contributed by atoms with van der Waals surface area (Å²) < 4.78 is 18.7. The minimum atomic E-state index is -0.206. The Balaban J connectivity index is 2.29. The van der Waals surface area contributed by atoms with Crippen LogP contribution in [0.4, 0.5) is 4.39 Å². The van der Waals surface area contributed by atoms with Crippen molar-refractivity contribution in [3.63, 3.8) is 0 Å². The number of hydrogen-bond acceptors (Lipinski definition) is 3. The zero-order valence-electron chi connectivity index (χ0n) is 12.7. The SMILES string of the molecule is CCC(C)(C(N)c1ccc(F)cc1C)N1CCOCC1. The molecule has 2 N–H and O–H groups in total. The van der Waals surface area contributed by atoms with Crippen LogP contribution in [-0.4, -0.2) is 36.7 Å². The predicted octanol–water partition coefficient (Wildman–Crippen LogP) is 2.63. The Hall–Kier alpha value is -0.970. The lowest BCUT2D eigenvalue weighted by Gasteiger charge is -2.47. The van der Waals surface area contributed by atoms with Gasteiger partial charge in [-0.05, 0) is 43.5 Å². The minimum Gasteiger partial charge on any atom is -0.379 e. The van der Waals surface area contributed by atoms with Crippen LogP contribution in [0, 0.1) is 12.7 Å². The van der Waals surface area contributed by atoms with Crippen molar-refractivity contribution in [3.05, 3.63) is 35.1 Å². The summed E-state index contributed by atoms with van der Waals surface area (Å²) in [5.41, 5.74) is 8.38. The van der Waals surface area contributed by atoms with Gasteiger partial charge in [0.1, 0.15) is 5.82 Å². The van der Waals surface area contributed by atoms with Crippen LogP contribution >= 0.6 is 0 Å². The Morgan fingerprint density at radius 1 is 1.40 bits per heavy atom. The summed E-state index contributed by atoms with van der Waals surface area (Å²) in [6, 6.07) is 4.75. The standard InChI is InChI=1S/C16H25FN2O/c1-4-16(3,19-7-9-20-10-8-19)15(18)14-6-5-13(17)11-12(14)2/h5-6,11,15H,4,7-10,18H2,1-3H3. The summed E-state index contributed by atoms with van der Waals surface area (Å²) in [4.78, 5) is 2.41. The van der Waals surface area contributed by atoms with Gasteiger partial charge in [-0.1, -0.05) is 13.0 Å². The molecule has 20 heavy (non-hydrogen) atoms. The van der Waals surface area contributed by atoms with Crippen molar-refractivity contribution in [3.8, 4) is 0 Å². The monoisotopic (exact) mass is 280 g/mol. The summed E-state index contributed by atoms with van der Waals surface area (Å²) in [5.74, 6) is -0.206. The summed E-state index contributed by atoms with van der Waals surface area (Å²) in [5, 5.41) is 0. The molecule has 0 spiro atoms. The Morgan fingerprint density at radius 3 is 2.60 bits per heavy atom. The van der Waals surface area contributed by atoms with E-state index < -0.39 is 0 Å². The van der Waals surface area contributed by atoms with E-state index in [2.05, 4.69) is 18.7 Å². The van der Waals surface area contributed by atoms with Gasteiger partial charge in [-0.3, -0.25) is 4.90 Å². The second-order valence-corrected chi connectivity index (χ2v) is 5.79. The third-order valence-corrected chi connectivity index (χ3v) is 4.69. The number of hydrogen-bond donors (Lipinski definition) is 1. The molecule has 0 amide bonds. The van der Waals surface area contributed by atoms with Gasteiger partial charge in [0.2, 0.25) is 0 Å². The summed E-state index contributed by atoms with van der Waals surface area (Å²) in [7, 11) is 0. The molecule has 112 valence electrons. The second kappa shape index (κ2) is 6.20. The van der Waals surface area contributed by atoms with E-state index in [0.29, 0.717) is 0 Å². The first-order valence-corrected chi connectivity index (χ1v) is 7.33. The van der Waals surface area contributed by atoms with E-state index in [4.69, 9.17) is 10.5 Å². The largest absolute Gasteiger partial charge is 0.379 e. The predicted molar refractivity (Wildman–Crippen MR) is 79.2 cm³/mol. The highest BCUT2D eigenvalue weighted by Crippen LogP contribution is 2.34. The summed E-state index contributed by atoms with van der Waals surface area (Å²) in [6.07, 6.45) is 0.949. The zero-order valence-corrected chi connectivity index (χ0v) is 12.7. The fourth-order valence-electron chi connectivity index (χ4n) is 3.04. The lowest BCUT2D eigenvalue weighted by atomic mass is 9.81. The fraction of sp³-hybridized carbons (Fsp3) is 0.625. The van der Waals surface area contributed by atoms with Crippen LogP contribution in [0.1, 0.15) is 37.4 Å². The number of halogens is 1. The molecule has 2 unspecified atom stereocenters. The second-order valence-electron chi connectivity index (χ2n) is 5.79. The van der Waals surface area contributed by atoms with Crippen LogP contribution in [-0.2, 0) is 4.74 Å². The highest BCUT2D eigenvalue weighted by molar-refractivity contribution is 5.31. The van der Waals surface area contributed by atoms with Gasteiger partial charge in [-0.25, -0.2) is 4.39 Å². The molecule has 3 nitrogen and oxygen atoms in total. The number of nitrogens with zero attached hydrogens (tertiary/aromatic N) is 1. The van der Waals surface area contributed by atoms with Crippen molar-refractivity contribution in [2.75, 3.05) is 26.3 Å². The molecular weight excluding hydrogens is 255 g/mol. The van der Waals surface area contributed by atoms with E-state index in [-0.39, 0.29) is 17.4 Å². The molecule has 0 saturated carbocycles. The maximum absolute atomic E-state index is 13.3. The van der Waals surface area contributed by atoms with Crippen molar-refractivity contribution < 1.29 is 9.13 Å². The van der Waals surface area contributed by atoms with Crippen LogP contribution in [0.5, 0.6) is 0 Å². The van der Waals surface area contributed by atoms with Gasteiger partial charge < -0.3 is 10.5 Å². The van der Waals surface area contributed by atoms with Crippen molar-refractivity contribution in [2.45, 2.75) is 38.8 Å². The number of morpholine rings is 1. The van der Waals surface area contributed by atoms with Gasteiger partial charge in [0.25, 0.3) is 0 Å². The molecule has 1 aliphatic heterocycles. The van der Waals surface area contributed by atoms with Gasteiger partial charge in [-0.2, -0.15) is 0 Å². The van der Waals surface area contributed by atoms with Crippen LogP contribution in [0.25, 0.3) is 0 Å². The first-order chi connectivity index (χ1) is 9.49. The Bertz CT molecular complexity index is 460. The molecule has 1 aromatic carbocycles. The molecule has 2 atom stereocenters. The summed E-state index contributed by atoms with van der Waals surface area (Å²) >= 11 is 0. The van der Waals surface area contributed by atoms with Crippen molar-refractivity contribution in [1.29, 1.82) is 0 Å². The number of aryl methyl sites for hydroxylation is 1. The molecule has 1 heterocycles. The normalized spacial score (nSPS) is 21.4. The van der Waals surface area contributed by atoms with E-state index in [1.54, 1.807) is 6.07 Å². The Kier molecular flexibility index (Phi) is 4.78. The maximum atomic E-state index is 13.3. The van der Waals surface area contributed by atoms with Gasteiger partial charge in [-0.15, -0.1) is 0 Å². The van der Waals surface area contributed by atoms with Gasteiger partial charge in [0, 0.05) is 24.7 Å². The van der Waals surface area contributed by atoms with Crippen molar-refractivity contribution in [1.82, 2.24) is 4.90 Å². The third kappa shape index (κ3) is 2.87. The molecule has 4 heteroatoms. The Labute approximate surface area is 120 Å². The highest BCUT2D eigenvalue weighted by Gasteiger charge is 2.38. The minimum absolute atomic E-state index is 0.133. The summed E-state index contributed by atoms with van der Waals surface area (Å²) in [6.45, 7) is 9.60. The topological polar surface area (TPSA) is 38.5 Å². The van der Waals surface area contributed by atoms with Crippen molar-refractivity contribution in [2.24, 2.45) is 5.73 Å². The first kappa shape index (κ1) is 15.4. The third-order valence-electron chi connectivity index (χ3n) is 4.69. The molecular formula is C16H25FN2O. The van der Waals surface area contributed by atoms with Crippen LogP contribution < -0.4 is 5.73 Å². The molecule has 0 radical (unpaired) electrons. The molecule has 1 saturated heterocycles. The Morgan fingerprint density at radius 2 is 2.05 bits per heavy atom. The lowest BCUT2D eigenvalue weighted by molar-refractivity contribution is -0.0278. The smallest absolute Gasteiger partial charge is 0.123 e. The van der Waals surface area contributed by atoms with E-state index in [1.165, 1.54) is 6.07 Å². The van der Waals surface area contributed by atoms with Crippen LogP contribution in [0.15, 0.2) is 18.2 Å². The number of ether oxygens (including phenoxy) is 1. The quantitative estimate of drug-likeness (QED) is 0.921.